The summed E-state index contributed by atoms with van der Waals surface area (Å²) in [6.07, 6.45) is 0. The van der Waals surface area contributed by atoms with Crippen LogP contribution in [-0.4, -0.2) is 39.3 Å². The van der Waals surface area contributed by atoms with E-state index in [0.717, 1.165) is 5.69 Å². The van der Waals surface area contributed by atoms with Crippen LogP contribution in [-0.2, 0) is 9.53 Å². The number of rotatable bonds is 5. The smallest absolute Gasteiger partial charge is 0.327 e. The number of ether oxygens (including phenoxy) is 1. The molecule has 0 radical (unpaired) electrons. The van der Waals surface area contributed by atoms with Gasteiger partial charge in [0.15, 0.2) is 0 Å². The fourth-order valence-corrected chi connectivity index (χ4v) is 1.72. The zero-order valence-corrected chi connectivity index (χ0v) is 10.9. The van der Waals surface area contributed by atoms with Gasteiger partial charge in [0.25, 0.3) is 0 Å². The summed E-state index contributed by atoms with van der Waals surface area (Å²) in [5, 5.41) is 3.01. The number of carbonyl (C=O) groups is 1. The van der Waals surface area contributed by atoms with Crippen LogP contribution >= 0.6 is 0 Å². The summed E-state index contributed by atoms with van der Waals surface area (Å²) in [6.45, 7) is 2.37. The molecule has 1 atom stereocenters. The molecule has 1 rings (SSSR count). The maximum atomic E-state index is 11.7. The lowest BCUT2D eigenvalue weighted by atomic mass is 10.0. The van der Waals surface area contributed by atoms with Crippen molar-refractivity contribution in [1.29, 1.82) is 0 Å². The lowest BCUT2D eigenvalue weighted by molar-refractivity contribution is -0.147. The zero-order chi connectivity index (χ0) is 12.9. The summed E-state index contributed by atoms with van der Waals surface area (Å²) in [6, 6.07) is 9.93. The molecule has 0 aliphatic carbocycles. The number of methoxy groups -OCH3 is 1. The molecule has 0 bridgehead atoms. The molecular weight excluding hydrogens is 216 g/mol. The highest BCUT2D eigenvalue weighted by atomic mass is 16.5. The molecule has 0 aromatic heterocycles. The number of likely N-dealkylation sites (N-methyl/N-ethyl adjacent to an activating group) is 2. The van der Waals surface area contributed by atoms with E-state index in [4.69, 9.17) is 4.74 Å². The van der Waals surface area contributed by atoms with Crippen LogP contribution in [0.4, 0.5) is 5.69 Å². The Morgan fingerprint density at radius 2 is 2.00 bits per heavy atom. The fourth-order valence-electron chi connectivity index (χ4n) is 1.72. The normalized spacial score (nSPS) is 13.9. The van der Waals surface area contributed by atoms with Crippen LogP contribution < -0.4 is 10.2 Å². The average molecular weight is 236 g/mol. The largest absolute Gasteiger partial charge is 0.468 e. The Labute approximate surface area is 103 Å². The van der Waals surface area contributed by atoms with E-state index >= 15 is 0 Å². The van der Waals surface area contributed by atoms with Crippen molar-refractivity contribution < 1.29 is 9.53 Å². The predicted molar refractivity (Wildman–Crippen MR) is 69.2 cm³/mol. The van der Waals surface area contributed by atoms with Crippen molar-refractivity contribution in [3.8, 4) is 0 Å². The molecule has 1 N–H and O–H groups in total. The Morgan fingerprint density at radius 1 is 1.41 bits per heavy atom. The SMILES string of the molecule is CNC(C)(CN(C)c1ccccc1)C(=O)OC. The first-order valence-electron chi connectivity index (χ1n) is 5.57. The van der Waals surface area contributed by atoms with Crippen LogP contribution in [0.25, 0.3) is 0 Å². The summed E-state index contributed by atoms with van der Waals surface area (Å²) in [5.41, 5.74) is 0.358. The number of nitrogens with zero attached hydrogens (tertiary/aromatic N) is 1. The number of esters is 1. The van der Waals surface area contributed by atoms with Crippen molar-refractivity contribution in [2.45, 2.75) is 12.5 Å². The molecule has 1 aromatic rings. The third-order valence-electron chi connectivity index (χ3n) is 2.94. The predicted octanol–water partition coefficient (Wildman–Crippen LogP) is 1.27. The van der Waals surface area contributed by atoms with Gasteiger partial charge in [-0.05, 0) is 26.1 Å². The van der Waals surface area contributed by atoms with Gasteiger partial charge in [0.2, 0.25) is 0 Å². The highest BCUT2D eigenvalue weighted by Crippen LogP contribution is 2.15. The molecule has 17 heavy (non-hydrogen) atoms. The summed E-state index contributed by atoms with van der Waals surface area (Å²) in [7, 11) is 5.12. The third kappa shape index (κ3) is 3.20. The van der Waals surface area contributed by atoms with Gasteiger partial charge in [-0.3, -0.25) is 0 Å². The van der Waals surface area contributed by atoms with E-state index in [2.05, 4.69) is 5.32 Å². The second-order valence-corrected chi connectivity index (χ2v) is 4.27. The van der Waals surface area contributed by atoms with E-state index in [1.165, 1.54) is 7.11 Å². The number of para-hydroxylation sites is 1. The van der Waals surface area contributed by atoms with Crippen molar-refractivity contribution in [1.82, 2.24) is 5.32 Å². The van der Waals surface area contributed by atoms with Crippen LogP contribution in [0.3, 0.4) is 0 Å². The van der Waals surface area contributed by atoms with Gasteiger partial charge in [0.05, 0.1) is 7.11 Å². The molecule has 94 valence electrons. The molecular formula is C13H20N2O2. The van der Waals surface area contributed by atoms with E-state index < -0.39 is 5.54 Å². The van der Waals surface area contributed by atoms with Crippen molar-refractivity contribution in [2.75, 3.05) is 32.6 Å². The summed E-state index contributed by atoms with van der Waals surface area (Å²) < 4.78 is 4.81. The first-order valence-corrected chi connectivity index (χ1v) is 5.57. The molecule has 4 nitrogen and oxygen atoms in total. The van der Waals surface area contributed by atoms with Crippen LogP contribution in [0, 0.1) is 0 Å². The average Bonchev–Trinajstić information content (AvgIpc) is 2.38. The lowest BCUT2D eigenvalue weighted by Crippen LogP contribution is -2.55. The second kappa shape index (κ2) is 5.68. The topological polar surface area (TPSA) is 41.6 Å². The lowest BCUT2D eigenvalue weighted by Gasteiger charge is -2.32. The molecule has 0 aliphatic heterocycles. The van der Waals surface area contributed by atoms with E-state index in [-0.39, 0.29) is 5.97 Å². The van der Waals surface area contributed by atoms with Crippen molar-refractivity contribution in [3.05, 3.63) is 30.3 Å². The van der Waals surface area contributed by atoms with Crippen LogP contribution in [0.15, 0.2) is 30.3 Å². The molecule has 1 aromatic carbocycles. The molecule has 0 saturated carbocycles. The quantitative estimate of drug-likeness (QED) is 0.782. The summed E-state index contributed by atoms with van der Waals surface area (Å²) in [4.78, 5) is 13.7. The van der Waals surface area contributed by atoms with E-state index in [9.17, 15) is 4.79 Å². The molecule has 0 aliphatic rings. The van der Waals surface area contributed by atoms with Gasteiger partial charge in [-0.2, -0.15) is 0 Å². The highest BCUT2D eigenvalue weighted by Gasteiger charge is 2.33. The number of hydrogen-bond donors (Lipinski definition) is 1. The zero-order valence-electron chi connectivity index (χ0n) is 10.9. The van der Waals surface area contributed by atoms with Gasteiger partial charge < -0.3 is 15.0 Å². The first kappa shape index (κ1) is 13.5. The number of nitrogens with one attached hydrogen (secondary N) is 1. The fraction of sp³-hybridized carbons (Fsp3) is 0.462. The Hall–Kier alpha value is -1.55. The van der Waals surface area contributed by atoms with Gasteiger partial charge in [-0.25, -0.2) is 4.79 Å². The van der Waals surface area contributed by atoms with Crippen molar-refractivity contribution >= 4 is 11.7 Å². The number of carbonyl (C=O) groups excluding carboxylic acids is 1. The Kier molecular flexibility index (Phi) is 4.52. The standard InChI is InChI=1S/C13H20N2O2/c1-13(14-2,12(16)17-4)10-15(3)11-8-6-5-7-9-11/h5-9,14H,10H2,1-4H3. The first-order chi connectivity index (χ1) is 8.03. The molecule has 1 unspecified atom stereocenters. The molecule has 0 saturated heterocycles. The maximum absolute atomic E-state index is 11.7. The minimum Gasteiger partial charge on any atom is -0.468 e. The van der Waals surface area contributed by atoms with Gasteiger partial charge in [0.1, 0.15) is 5.54 Å². The molecule has 0 amide bonds. The van der Waals surface area contributed by atoms with Crippen LogP contribution in [0.5, 0.6) is 0 Å². The number of benzene rings is 1. The summed E-state index contributed by atoms with van der Waals surface area (Å²) >= 11 is 0. The third-order valence-corrected chi connectivity index (χ3v) is 2.94. The Morgan fingerprint density at radius 3 is 2.47 bits per heavy atom. The van der Waals surface area contributed by atoms with Gasteiger partial charge in [-0.1, -0.05) is 18.2 Å². The number of anilines is 1. The molecule has 0 fully saturated rings. The van der Waals surface area contributed by atoms with Gasteiger partial charge >= 0.3 is 5.97 Å². The summed E-state index contributed by atoms with van der Waals surface area (Å²) in [5.74, 6) is -0.261. The van der Waals surface area contributed by atoms with Gasteiger partial charge in [-0.15, -0.1) is 0 Å². The number of hydrogen-bond acceptors (Lipinski definition) is 4. The minimum atomic E-state index is -0.709. The minimum absolute atomic E-state index is 0.261. The molecule has 0 spiro atoms. The van der Waals surface area contributed by atoms with Gasteiger partial charge in [0, 0.05) is 19.3 Å². The Balaban J connectivity index is 2.79. The Bertz CT molecular complexity index is 367. The van der Waals surface area contributed by atoms with Crippen molar-refractivity contribution in [2.24, 2.45) is 0 Å². The van der Waals surface area contributed by atoms with Crippen LogP contribution in [0.2, 0.25) is 0 Å². The maximum Gasteiger partial charge on any atom is 0.327 e. The van der Waals surface area contributed by atoms with E-state index in [1.807, 2.05) is 49.2 Å². The molecule has 4 heteroatoms. The van der Waals surface area contributed by atoms with Crippen molar-refractivity contribution in [3.63, 3.8) is 0 Å². The second-order valence-electron chi connectivity index (χ2n) is 4.27. The van der Waals surface area contributed by atoms with E-state index in [0.29, 0.717) is 6.54 Å². The molecule has 0 heterocycles. The highest BCUT2D eigenvalue weighted by molar-refractivity contribution is 5.81. The van der Waals surface area contributed by atoms with E-state index in [1.54, 1.807) is 7.05 Å². The monoisotopic (exact) mass is 236 g/mol. The van der Waals surface area contributed by atoms with Crippen LogP contribution in [0.1, 0.15) is 6.92 Å².